The summed E-state index contributed by atoms with van der Waals surface area (Å²) in [5.41, 5.74) is 2.95. The Kier molecular flexibility index (Phi) is 3.81. The lowest BCUT2D eigenvalue weighted by Gasteiger charge is -2.08. The number of thioether (sulfide) groups is 2. The van der Waals surface area contributed by atoms with Crippen LogP contribution < -0.4 is 0 Å². The van der Waals surface area contributed by atoms with Gasteiger partial charge in [0.05, 0.1) is 0 Å². The van der Waals surface area contributed by atoms with E-state index in [9.17, 15) is 0 Å². The van der Waals surface area contributed by atoms with Crippen LogP contribution in [0.5, 0.6) is 0 Å². The third kappa shape index (κ3) is 2.26. The molecule has 0 bridgehead atoms. The highest BCUT2D eigenvalue weighted by Crippen LogP contribution is 2.46. The maximum Gasteiger partial charge on any atom is 0.0497 e. The predicted molar refractivity (Wildman–Crippen MR) is 73.4 cm³/mol. The maximum absolute atomic E-state index is 2.42. The van der Waals surface area contributed by atoms with Crippen LogP contribution in [0.4, 0.5) is 0 Å². The first kappa shape index (κ1) is 11.2. The minimum Gasteiger partial charge on any atom is -0.150 e. The van der Waals surface area contributed by atoms with Gasteiger partial charge >= 0.3 is 0 Å². The molecule has 0 radical (unpaired) electrons. The van der Waals surface area contributed by atoms with Crippen LogP contribution in [0.15, 0.2) is 30.3 Å². The topological polar surface area (TPSA) is 0 Å². The summed E-state index contributed by atoms with van der Waals surface area (Å²) in [6, 6.07) is 8.81. The summed E-state index contributed by atoms with van der Waals surface area (Å²) >= 11 is 3.98. The molecule has 1 atom stereocenters. The van der Waals surface area contributed by atoms with Crippen molar-refractivity contribution in [2.75, 3.05) is 11.5 Å². The highest BCUT2D eigenvalue weighted by molar-refractivity contribution is 8.08. The van der Waals surface area contributed by atoms with Gasteiger partial charge < -0.3 is 0 Å². The van der Waals surface area contributed by atoms with Crippen LogP contribution in [0.2, 0.25) is 0 Å². The molecular weight excluding hydrogens is 220 g/mol. The molecule has 0 aliphatic heterocycles. The van der Waals surface area contributed by atoms with Crippen molar-refractivity contribution in [3.63, 3.8) is 0 Å². The van der Waals surface area contributed by atoms with Crippen LogP contribution in [0.25, 0.3) is 4.91 Å². The molecule has 2 heteroatoms. The van der Waals surface area contributed by atoms with Crippen molar-refractivity contribution >= 4 is 28.4 Å². The molecule has 1 aliphatic carbocycles. The molecule has 0 heterocycles. The summed E-state index contributed by atoms with van der Waals surface area (Å²) in [6.07, 6.45) is 2.42. The Labute approximate surface area is 101 Å². The summed E-state index contributed by atoms with van der Waals surface area (Å²) in [4.78, 5) is 1.47. The number of rotatable bonds is 4. The van der Waals surface area contributed by atoms with Crippen molar-refractivity contribution in [3.05, 3.63) is 41.5 Å². The lowest BCUT2D eigenvalue weighted by molar-refractivity contribution is 1.26. The fraction of sp³-hybridized carbons (Fsp3) is 0.385. The Balaban J connectivity index is 2.31. The summed E-state index contributed by atoms with van der Waals surface area (Å²) in [5, 5.41) is 0.584. The number of benzene rings is 1. The summed E-state index contributed by atoms with van der Waals surface area (Å²) in [5.74, 6) is 2.34. The smallest absolute Gasteiger partial charge is 0.0497 e. The van der Waals surface area contributed by atoms with Gasteiger partial charge in [0.2, 0.25) is 0 Å². The lowest BCUT2D eigenvalue weighted by atomic mass is 10.1. The van der Waals surface area contributed by atoms with E-state index in [1.54, 1.807) is 0 Å². The fourth-order valence-electron chi connectivity index (χ4n) is 1.89. The number of hydrogen-bond donors (Lipinski definition) is 0. The van der Waals surface area contributed by atoms with Crippen molar-refractivity contribution in [1.29, 1.82) is 0 Å². The van der Waals surface area contributed by atoms with Crippen molar-refractivity contribution in [2.45, 2.75) is 19.1 Å². The third-order valence-corrected chi connectivity index (χ3v) is 4.52. The van der Waals surface area contributed by atoms with Gasteiger partial charge in [0.1, 0.15) is 0 Å². The van der Waals surface area contributed by atoms with Gasteiger partial charge in [-0.2, -0.15) is 0 Å². The molecular formula is C13H16S2. The van der Waals surface area contributed by atoms with E-state index in [0.29, 0.717) is 5.25 Å². The Morgan fingerprint density at radius 2 is 1.93 bits per heavy atom. The van der Waals surface area contributed by atoms with Gasteiger partial charge in [0, 0.05) is 10.2 Å². The zero-order valence-electron chi connectivity index (χ0n) is 9.19. The first-order chi connectivity index (χ1) is 7.36. The fourth-order valence-corrected chi connectivity index (χ4v) is 3.83. The van der Waals surface area contributed by atoms with Gasteiger partial charge in [0.25, 0.3) is 0 Å². The quantitative estimate of drug-likeness (QED) is 0.750. The molecule has 1 unspecified atom stereocenters. The lowest BCUT2D eigenvalue weighted by Crippen LogP contribution is -1.87. The second kappa shape index (κ2) is 5.13. The van der Waals surface area contributed by atoms with E-state index < -0.39 is 0 Å². The van der Waals surface area contributed by atoms with E-state index in [1.807, 2.05) is 23.5 Å². The van der Waals surface area contributed by atoms with E-state index in [1.165, 1.54) is 21.8 Å². The Morgan fingerprint density at radius 3 is 2.67 bits per heavy atom. The second-order valence-corrected chi connectivity index (χ2v) is 6.15. The first-order valence-corrected chi connectivity index (χ1v) is 7.45. The molecule has 80 valence electrons. The molecule has 0 fully saturated rings. The molecule has 0 nitrogen and oxygen atoms in total. The third-order valence-electron chi connectivity index (χ3n) is 2.48. The molecule has 0 aromatic heterocycles. The molecule has 0 saturated heterocycles. The maximum atomic E-state index is 2.42. The van der Waals surface area contributed by atoms with Gasteiger partial charge in [0.15, 0.2) is 0 Å². The van der Waals surface area contributed by atoms with E-state index in [4.69, 9.17) is 0 Å². The average Bonchev–Trinajstić information content (AvgIpc) is 2.59. The molecule has 1 aliphatic rings. The molecule has 15 heavy (non-hydrogen) atoms. The molecule has 0 saturated carbocycles. The SMILES string of the molecule is CCSC1=CC(SCC)c2ccccc21. The zero-order chi connectivity index (χ0) is 10.7. The normalized spacial score (nSPS) is 18.8. The molecule has 1 aromatic carbocycles. The number of hydrogen-bond acceptors (Lipinski definition) is 2. The summed E-state index contributed by atoms with van der Waals surface area (Å²) in [7, 11) is 0. The van der Waals surface area contributed by atoms with Gasteiger partial charge in [-0.1, -0.05) is 44.2 Å². The van der Waals surface area contributed by atoms with Crippen LogP contribution in [0, 0.1) is 0 Å². The minimum atomic E-state index is 0.584. The monoisotopic (exact) mass is 236 g/mol. The predicted octanol–water partition coefficient (Wildman–Crippen LogP) is 4.59. The van der Waals surface area contributed by atoms with Gasteiger partial charge in [-0.15, -0.1) is 23.5 Å². The standard InChI is InChI=1S/C13H16S2/c1-3-14-12-9-13(15-4-2)11-8-6-5-7-10(11)12/h5-9,12H,3-4H2,1-2H3. The molecule has 0 amide bonds. The van der Waals surface area contributed by atoms with E-state index in [0.717, 1.165) is 5.75 Å². The molecule has 0 N–H and O–H groups in total. The van der Waals surface area contributed by atoms with Crippen molar-refractivity contribution in [3.8, 4) is 0 Å². The Bertz CT molecular complexity index is 369. The highest BCUT2D eigenvalue weighted by atomic mass is 32.2. The van der Waals surface area contributed by atoms with Crippen molar-refractivity contribution in [1.82, 2.24) is 0 Å². The minimum absolute atomic E-state index is 0.584. The molecule has 2 rings (SSSR count). The largest absolute Gasteiger partial charge is 0.150 e. The zero-order valence-corrected chi connectivity index (χ0v) is 10.8. The van der Waals surface area contributed by atoms with Crippen LogP contribution in [0.1, 0.15) is 30.2 Å². The van der Waals surface area contributed by atoms with Crippen molar-refractivity contribution in [2.24, 2.45) is 0 Å². The van der Waals surface area contributed by atoms with Crippen LogP contribution in [0.3, 0.4) is 0 Å². The Morgan fingerprint density at radius 1 is 1.13 bits per heavy atom. The summed E-state index contributed by atoms with van der Waals surface area (Å²) < 4.78 is 0. The van der Waals surface area contributed by atoms with Crippen LogP contribution in [-0.4, -0.2) is 11.5 Å². The molecule has 1 aromatic rings. The first-order valence-electron chi connectivity index (χ1n) is 5.42. The van der Waals surface area contributed by atoms with Gasteiger partial charge in [-0.05, 0) is 22.6 Å². The Hall–Kier alpha value is -0.340. The summed E-state index contributed by atoms with van der Waals surface area (Å²) in [6.45, 7) is 4.44. The van der Waals surface area contributed by atoms with E-state index >= 15 is 0 Å². The second-order valence-electron chi connectivity index (χ2n) is 3.43. The van der Waals surface area contributed by atoms with E-state index in [-0.39, 0.29) is 0 Å². The number of fused-ring (bicyclic) bond motifs is 1. The average molecular weight is 236 g/mol. The van der Waals surface area contributed by atoms with Crippen LogP contribution in [-0.2, 0) is 0 Å². The molecule has 0 spiro atoms. The van der Waals surface area contributed by atoms with Crippen molar-refractivity contribution < 1.29 is 0 Å². The van der Waals surface area contributed by atoms with E-state index in [2.05, 4.69) is 44.2 Å². The van der Waals surface area contributed by atoms with Crippen LogP contribution >= 0.6 is 23.5 Å². The van der Waals surface area contributed by atoms with Gasteiger partial charge in [-0.25, -0.2) is 0 Å². The highest BCUT2D eigenvalue weighted by Gasteiger charge is 2.22. The van der Waals surface area contributed by atoms with Gasteiger partial charge in [-0.3, -0.25) is 0 Å².